The Bertz CT molecular complexity index is 968. The van der Waals surface area contributed by atoms with Crippen molar-refractivity contribution in [2.75, 3.05) is 26.3 Å². The molecule has 4 aliphatic carbocycles. The average Bonchev–Trinajstić information content (AvgIpc) is 3.36. The molecule has 7 nitrogen and oxygen atoms in total. The monoisotopic (exact) mass is 471 g/mol. The maximum Gasteiger partial charge on any atom is 0.224 e. The normalized spacial score (nSPS) is 48.2. The highest BCUT2D eigenvalue weighted by Gasteiger charge is 2.86. The Morgan fingerprint density at radius 1 is 1.24 bits per heavy atom. The van der Waals surface area contributed by atoms with Gasteiger partial charge in [0.05, 0.1) is 25.7 Å². The van der Waals surface area contributed by atoms with Gasteiger partial charge in [0.1, 0.15) is 11.5 Å². The van der Waals surface area contributed by atoms with Crippen molar-refractivity contribution < 1.29 is 29.3 Å². The van der Waals surface area contributed by atoms with E-state index in [0.717, 1.165) is 38.8 Å². The average molecular weight is 472 g/mol. The van der Waals surface area contributed by atoms with Gasteiger partial charge in [-0.3, -0.25) is 9.59 Å². The highest BCUT2D eigenvalue weighted by atomic mass is 16.7. The highest BCUT2D eigenvalue weighted by molar-refractivity contribution is 6.05. The van der Waals surface area contributed by atoms with Gasteiger partial charge in [0.25, 0.3) is 0 Å². The van der Waals surface area contributed by atoms with Crippen LogP contribution < -0.4 is 0 Å². The molecule has 7 aliphatic rings. The van der Waals surface area contributed by atoms with E-state index in [-0.39, 0.29) is 47.9 Å². The molecule has 3 saturated carbocycles. The number of carbonyl (C=O) groups excluding carboxylic acids is 2. The summed E-state index contributed by atoms with van der Waals surface area (Å²) in [6, 6.07) is 0. The maximum atomic E-state index is 14.0. The Balaban J connectivity index is 1.43. The van der Waals surface area contributed by atoms with E-state index < -0.39 is 28.8 Å². The molecule has 3 saturated heterocycles. The highest BCUT2D eigenvalue weighted by Crippen LogP contribution is 2.76. The van der Waals surface area contributed by atoms with Crippen molar-refractivity contribution >= 4 is 11.7 Å². The Hall–Kier alpha value is -1.54. The minimum Gasteiger partial charge on any atom is -0.391 e. The molecule has 3 aliphatic heterocycles. The minimum absolute atomic E-state index is 0.0172. The minimum atomic E-state index is -1.69. The van der Waals surface area contributed by atoms with Crippen LogP contribution in [0.3, 0.4) is 0 Å². The molecule has 7 rings (SSSR count). The van der Waals surface area contributed by atoms with E-state index in [2.05, 4.69) is 32.6 Å². The molecule has 0 unspecified atom stereocenters. The first-order valence-electron chi connectivity index (χ1n) is 13.0. The Morgan fingerprint density at radius 2 is 1.97 bits per heavy atom. The van der Waals surface area contributed by atoms with E-state index in [9.17, 15) is 19.8 Å². The van der Waals surface area contributed by atoms with E-state index in [1.54, 1.807) is 0 Å². The number of ether oxygens (including phenoxy) is 2. The zero-order valence-corrected chi connectivity index (χ0v) is 20.3. The second-order valence-electron chi connectivity index (χ2n) is 12.2. The van der Waals surface area contributed by atoms with E-state index >= 15 is 0 Å². The molecule has 7 heteroatoms. The third-order valence-corrected chi connectivity index (χ3v) is 10.3. The zero-order chi connectivity index (χ0) is 24.1. The number of nitrogens with zero attached hydrogens (tertiary/aromatic N) is 1. The van der Waals surface area contributed by atoms with E-state index in [1.807, 2.05) is 4.90 Å². The number of allylic oxidation sites excluding steroid dienone is 1. The molecule has 2 N–H and O–H groups in total. The van der Waals surface area contributed by atoms with Crippen molar-refractivity contribution in [3.05, 3.63) is 24.3 Å². The van der Waals surface area contributed by atoms with Crippen molar-refractivity contribution in [3.63, 3.8) is 0 Å². The molecule has 0 aromatic carbocycles. The molecule has 0 radical (unpaired) electrons. The molecular formula is C27H37NO6. The number of aliphatic hydroxyl groups excluding tert-OH is 2. The van der Waals surface area contributed by atoms with Gasteiger partial charge >= 0.3 is 0 Å². The summed E-state index contributed by atoms with van der Waals surface area (Å²) in [6.45, 7) is 10.3. The SMILES string of the molecule is C=C1C(=O)[C@]23[C@H](O)[C@H]1CC[C@H]2[C@]12C=CCC(C)(C)[C@H]1[C@H](O)[C@@]3(OCCC(=O)N1CCCC1)OC2. The van der Waals surface area contributed by atoms with Crippen LogP contribution in [-0.4, -0.2) is 71.1 Å². The number of carbonyl (C=O) groups is 2. The van der Waals surface area contributed by atoms with Gasteiger partial charge in [-0.2, -0.15) is 0 Å². The van der Waals surface area contributed by atoms with E-state index in [1.165, 1.54) is 0 Å². The van der Waals surface area contributed by atoms with Gasteiger partial charge in [0.2, 0.25) is 11.7 Å². The predicted octanol–water partition coefficient (Wildman–Crippen LogP) is 2.22. The first-order valence-corrected chi connectivity index (χ1v) is 13.0. The van der Waals surface area contributed by atoms with Crippen LogP contribution >= 0.6 is 0 Å². The number of rotatable bonds is 4. The third kappa shape index (κ3) is 2.47. The fourth-order valence-corrected chi connectivity index (χ4v) is 9.04. The Kier molecular flexibility index (Phi) is 4.88. The lowest BCUT2D eigenvalue weighted by molar-refractivity contribution is -0.447. The van der Waals surface area contributed by atoms with Crippen LogP contribution in [0.25, 0.3) is 0 Å². The standard InChI is InChI=1S/C27H37NO6/c1-16-17-7-8-18-25-11-6-10-24(2,3)20(25)23(32)27(34-15-25,26(18,21(16)30)22(17)31)33-14-9-19(29)28-12-4-5-13-28/h6,11,17-18,20,22-23,31-32H,1,4-5,7-10,12-15H2,2-3H3/t17-,18-,20+,22+,23-,25+,26-,27+/m0/s1. The van der Waals surface area contributed by atoms with Gasteiger partial charge in [-0.25, -0.2) is 0 Å². The molecule has 0 aromatic rings. The number of likely N-dealkylation sites (tertiary alicyclic amines) is 1. The predicted molar refractivity (Wildman–Crippen MR) is 123 cm³/mol. The molecule has 4 bridgehead atoms. The fourth-order valence-electron chi connectivity index (χ4n) is 9.04. The second-order valence-corrected chi connectivity index (χ2v) is 12.2. The summed E-state index contributed by atoms with van der Waals surface area (Å²) >= 11 is 0. The number of fused-ring (bicyclic) bond motifs is 2. The first kappa shape index (κ1) is 22.9. The van der Waals surface area contributed by atoms with Crippen LogP contribution in [0.2, 0.25) is 0 Å². The zero-order valence-electron chi connectivity index (χ0n) is 20.3. The van der Waals surface area contributed by atoms with Gasteiger partial charge in [-0.05, 0) is 49.0 Å². The molecule has 1 amide bonds. The second kappa shape index (κ2) is 7.25. The smallest absolute Gasteiger partial charge is 0.224 e. The Labute approximate surface area is 201 Å². The van der Waals surface area contributed by atoms with Crippen LogP contribution in [0.15, 0.2) is 24.3 Å². The summed E-state index contributed by atoms with van der Waals surface area (Å²) in [5, 5.41) is 23.7. The number of Topliss-reactive ketones (excluding diaryl/α,β-unsaturated/α-hetero) is 1. The molecule has 186 valence electrons. The quantitative estimate of drug-likeness (QED) is 0.482. The van der Waals surface area contributed by atoms with Crippen molar-refractivity contribution in [2.24, 2.45) is 34.0 Å². The molecule has 3 heterocycles. The summed E-state index contributed by atoms with van der Waals surface area (Å²) in [7, 11) is 0. The topological polar surface area (TPSA) is 96.3 Å². The lowest BCUT2D eigenvalue weighted by Gasteiger charge is -2.73. The maximum absolute atomic E-state index is 14.0. The van der Waals surface area contributed by atoms with Gasteiger partial charge in [-0.1, -0.05) is 32.6 Å². The fraction of sp³-hybridized carbons (Fsp3) is 0.778. The number of hydrogen-bond donors (Lipinski definition) is 2. The number of aliphatic hydroxyl groups is 2. The van der Waals surface area contributed by atoms with Crippen LogP contribution in [-0.2, 0) is 19.1 Å². The molecule has 0 aromatic heterocycles. The molecule has 8 atom stereocenters. The van der Waals surface area contributed by atoms with Crippen LogP contribution in [0.5, 0.6) is 0 Å². The lowest BCUT2D eigenvalue weighted by atomic mass is 9.37. The summed E-state index contributed by atoms with van der Waals surface area (Å²) in [5.74, 6) is -2.65. The molecule has 2 spiro atoms. The lowest BCUT2D eigenvalue weighted by Crippen LogP contribution is -2.83. The van der Waals surface area contributed by atoms with Crippen LogP contribution in [0, 0.1) is 34.0 Å². The van der Waals surface area contributed by atoms with E-state index in [0.29, 0.717) is 18.6 Å². The molecule has 34 heavy (non-hydrogen) atoms. The summed E-state index contributed by atoms with van der Waals surface area (Å²) in [4.78, 5) is 28.6. The Morgan fingerprint density at radius 3 is 2.71 bits per heavy atom. The third-order valence-electron chi connectivity index (χ3n) is 10.3. The van der Waals surface area contributed by atoms with Crippen molar-refractivity contribution in [1.29, 1.82) is 0 Å². The number of ketones is 1. The molecular weight excluding hydrogens is 434 g/mol. The van der Waals surface area contributed by atoms with Crippen LogP contribution in [0.1, 0.15) is 52.4 Å². The largest absolute Gasteiger partial charge is 0.391 e. The van der Waals surface area contributed by atoms with E-state index in [4.69, 9.17) is 9.47 Å². The van der Waals surface area contributed by atoms with Gasteiger partial charge in [0, 0.05) is 30.3 Å². The number of hydrogen-bond acceptors (Lipinski definition) is 6. The molecule has 6 fully saturated rings. The first-order chi connectivity index (χ1) is 16.1. The van der Waals surface area contributed by atoms with Crippen molar-refractivity contribution in [1.82, 2.24) is 4.90 Å². The summed E-state index contributed by atoms with van der Waals surface area (Å²) < 4.78 is 12.9. The van der Waals surface area contributed by atoms with Gasteiger partial charge in [-0.15, -0.1) is 0 Å². The summed E-state index contributed by atoms with van der Waals surface area (Å²) in [6.07, 6.45) is 6.62. The van der Waals surface area contributed by atoms with Gasteiger partial charge < -0.3 is 24.6 Å². The number of amides is 1. The van der Waals surface area contributed by atoms with Crippen molar-refractivity contribution in [2.45, 2.75) is 70.4 Å². The van der Waals surface area contributed by atoms with Crippen LogP contribution in [0.4, 0.5) is 0 Å². The van der Waals surface area contributed by atoms with Crippen molar-refractivity contribution in [3.8, 4) is 0 Å². The summed E-state index contributed by atoms with van der Waals surface area (Å²) in [5.41, 5.74) is -1.78. The van der Waals surface area contributed by atoms with Gasteiger partial charge in [0.15, 0.2) is 5.78 Å².